The second-order valence-corrected chi connectivity index (χ2v) is 24.3. The summed E-state index contributed by atoms with van der Waals surface area (Å²) in [6, 6.07) is 2.30. The number of carbonyl (C=O) groups is 2. The molecule has 0 aliphatic carbocycles. The molecule has 2 spiro atoms. The maximum Gasteiger partial charge on any atom is 0.342 e. The zero-order chi connectivity index (χ0) is 63.1. The van der Waals surface area contributed by atoms with Gasteiger partial charge in [-0.2, -0.15) is 0 Å². The summed E-state index contributed by atoms with van der Waals surface area (Å²) in [5, 5.41) is 78.3. The highest BCUT2D eigenvalue weighted by Gasteiger charge is 2.69. The molecule has 0 amide bonds. The molecule has 10 aliphatic heterocycles. The number of benzene rings is 1. The number of aliphatic hydroxyl groups excluding tert-OH is 5. The lowest BCUT2D eigenvalue weighted by Crippen LogP contribution is -2.66. The van der Waals surface area contributed by atoms with Crippen LogP contribution in [0.15, 0.2) is 12.1 Å². The summed E-state index contributed by atoms with van der Waals surface area (Å²) in [6.07, 6.45) is -31.6. The van der Waals surface area contributed by atoms with Gasteiger partial charge in [-0.15, -0.1) is 0 Å². The topological polar surface area (TPSA) is 379 Å². The van der Waals surface area contributed by atoms with E-state index in [2.05, 4.69) is 0 Å². The number of hydrogen-bond acceptors (Lipinski definition) is 31. The monoisotopic (exact) mass is 1260 g/mol. The third-order valence-corrected chi connectivity index (χ3v) is 18.0. The molecular weight excluding hydrogens is 1180 g/mol. The van der Waals surface area contributed by atoms with Gasteiger partial charge in [-0.05, 0) is 60.1 Å². The lowest BCUT2D eigenvalue weighted by Gasteiger charge is -2.49. The first kappa shape index (κ1) is 66.2. The van der Waals surface area contributed by atoms with Gasteiger partial charge in [0.1, 0.15) is 109 Å². The van der Waals surface area contributed by atoms with Gasteiger partial charge in [-0.1, -0.05) is 6.92 Å². The van der Waals surface area contributed by atoms with Crippen LogP contribution in [0.4, 0.5) is 0 Å². The summed E-state index contributed by atoms with van der Waals surface area (Å²) in [7, 11) is 4.15. The first-order valence-electron chi connectivity index (χ1n) is 29.9. The summed E-state index contributed by atoms with van der Waals surface area (Å²) < 4.78 is 136. The summed E-state index contributed by atoms with van der Waals surface area (Å²) in [5.41, 5.74) is -1.08. The molecule has 10 saturated heterocycles. The number of fused-ring (bicyclic) bond motifs is 4. The SMILES string of the molecule is CCC(=O)O[C@H]1[C@@H](O[C@@H]2O[C@H](COC)[C@@H](O[C@@H]3O[C@H](C)[C@H](OC)[C@H](O[C@H]4C[C@@]5(C)OC6(C[C@@H](O)[C@H](O[C@H]7C[C@@H](O)[C@H](OC(=O)c8c(C)cc(O)cc8O)[C@@H](C)O7)[C@@H](C)O6)O[C@@H]5[C@@H](C)O4)[C@H]3O)[C@H](O)[C@@H]2OC)OC[C@@H]2O[C@]3(O[C@@H]12)O[C@H](C)[C@H](O)[C@@H]1OCO[C@H]13. The second-order valence-electron chi connectivity index (χ2n) is 24.3. The van der Waals surface area contributed by atoms with Crippen molar-refractivity contribution >= 4 is 11.9 Å². The molecule has 10 aliphatic rings. The summed E-state index contributed by atoms with van der Waals surface area (Å²) in [5.74, 6) is -5.93. The van der Waals surface area contributed by atoms with E-state index < -0.39 is 207 Å². The number of aromatic hydroxyl groups is 2. The highest BCUT2D eigenvalue weighted by Crippen LogP contribution is 2.52. The Morgan fingerprint density at radius 3 is 2.03 bits per heavy atom. The maximum absolute atomic E-state index is 13.1. The number of phenols is 2. The van der Waals surface area contributed by atoms with Gasteiger partial charge in [0.15, 0.2) is 43.5 Å². The Labute approximate surface area is 506 Å². The van der Waals surface area contributed by atoms with Crippen molar-refractivity contribution in [3.63, 3.8) is 0 Å². The molecule has 0 aromatic heterocycles. The fraction of sp³-hybridized carbons (Fsp3) is 0.860. The number of phenolic OH excluding ortho intramolecular Hbond substituents is 2. The molecule has 0 bridgehead atoms. The average Bonchev–Trinajstić information content (AvgIpc) is 1.69. The smallest absolute Gasteiger partial charge is 0.342 e. The fourth-order valence-corrected chi connectivity index (χ4v) is 13.8. The standard InChI is InChI=1S/C57H84O31/c1-12-33(62)77-48-44-32(85-57(86-44)50-46(71-20-72-50)37(63)22(3)84-57)19-70-53(48)82-54-47(69-11)38(64)43(31(76-54)18-67-9)81-52-39(65)45(42(68-10)24(5)75-52)79-35-17-55(8)49(26(7)74-35)87-56(88-55)16-30(61)41(25(6)83-56)78-34-15-29(60)40(23(4)73-34)80-51(66)36-21(2)13-27(58)14-28(36)59/h13-14,22-26,29-32,34-35,37-50,52-54,58-61,63-65H,12,15-20H2,1-11H3/t22-,23-,24-,25-,26-,29-,30-,31-,32+,34+,35+,37+,38+,39-,40-,41-,42+,43-,44-,45-,46+,47+,48-,49-,50-,52+,53-,54+,55-,56?,57-/m1/s1. The number of rotatable bonds is 16. The number of aryl methyl sites for hydroxylation is 1. The number of methoxy groups -OCH3 is 3. The number of ether oxygens (including phenoxy) is 22. The zero-order valence-corrected chi connectivity index (χ0v) is 50.7. The van der Waals surface area contributed by atoms with Gasteiger partial charge >= 0.3 is 17.9 Å². The Bertz CT molecular complexity index is 2540. The predicted molar refractivity (Wildman–Crippen MR) is 284 cm³/mol. The third-order valence-electron chi connectivity index (χ3n) is 18.0. The Hall–Kier alpha value is -3.24. The summed E-state index contributed by atoms with van der Waals surface area (Å²) in [6.45, 7) is 12.7. The van der Waals surface area contributed by atoms with Crippen molar-refractivity contribution in [2.45, 2.75) is 270 Å². The Morgan fingerprint density at radius 2 is 1.34 bits per heavy atom. The van der Waals surface area contributed by atoms with Crippen LogP contribution in [-0.4, -0.2) is 278 Å². The van der Waals surface area contributed by atoms with Crippen LogP contribution in [0.5, 0.6) is 11.5 Å². The molecule has 10 fully saturated rings. The predicted octanol–water partition coefficient (Wildman–Crippen LogP) is -0.763. The quantitative estimate of drug-likeness (QED) is 0.100. The van der Waals surface area contributed by atoms with Gasteiger partial charge < -0.3 is 140 Å². The van der Waals surface area contributed by atoms with Crippen LogP contribution >= 0.6 is 0 Å². The van der Waals surface area contributed by atoms with E-state index in [1.165, 1.54) is 34.3 Å². The van der Waals surface area contributed by atoms with Crippen LogP contribution in [0.2, 0.25) is 0 Å². The lowest BCUT2D eigenvalue weighted by molar-refractivity contribution is -0.420. The Kier molecular flexibility index (Phi) is 19.8. The van der Waals surface area contributed by atoms with E-state index in [0.717, 1.165) is 6.07 Å². The van der Waals surface area contributed by atoms with Crippen LogP contribution in [-0.2, 0) is 109 Å². The van der Waals surface area contributed by atoms with E-state index in [1.54, 1.807) is 48.5 Å². The second kappa shape index (κ2) is 26.3. The Balaban J connectivity index is 0.717. The molecule has 88 heavy (non-hydrogen) atoms. The van der Waals surface area contributed by atoms with Crippen molar-refractivity contribution in [2.24, 2.45) is 0 Å². The normalized spacial score (nSPS) is 49.3. The largest absolute Gasteiger partial charge is 0.508 e. The van der Waals surface area contributed by atoms with Gasteiger partial charge in [0.05, 0.1) is 62.4 Å². The van der Waals surface area contributed by atoms with Crippen LogP contribution in [0.25, 0.3) is 0 Å². The van der Waals surface area contributed by atoms with Crippen molar-refractivity contribution in [1.29, 1.82) is 0 Å². The van der Waals surface area contributed by atoms with Gasteiger partial charge in [-0.25, -0.2) is 4.79 Å². The molecule has 31 nitrogen and oxygen atoms in total. The highest BCUT2D eigenvalue weighted by atomic mass is 16.9. The highest BCUT2D eigenvalue weighted by molar-refractivity contribution is 5.94. The number of carbonyl (C=O) groups excluding carboxylic acids is 2. The lowest BCUT2D eigenvalue weighted by atomic mass is 9.88. The van der Waals surface area contributed by atoms with E-state index in [0.29, 0.717) is 0 Å². The molecule has 10 heterocycles. The van der Waals surface area contributed by atoms with E-state index >= 15 is 0 Å². The first-order chi connectivity index (χ1) is 41.8. The van der Waals surface area contributed by atoms with Crippen molar-refractivity contribution in [1.82, 2.24) is 0 Å². The minimum absolute atomic E-state index is 0.0232. The molecular formula is C57H84O31. The van der Waals surface area contributed by atoms with E-state index in [-0.39, 0.29) is 62.6 Å². The maximum atomic E-state index is 13.1. The van der Waals surface area contributed by atoms with Crippen LogP contribution in [0.1, 0.15) is 90.1 Å². The average molecular weight is 1270 g/mol. The van der Waals surface area contributed by atoms with E-state index in [1.807, 2.05) is 0 Å². The Morgan fingerprint density at radius 1 is 0.614 bits per heavy atom. The third kappa shape index (κ3) is 12.6. The molecule has 0 radical (unpaired) electrons. The van der Waals surface area contributed by atoms with Gasteiger partial charge in [0, 0.05) is 46.7 Å². The molecule has 0 saturated carbocycles. The first-order valence-corrected chi connectivity index (χ1v) is 29.9. The van der Waals surface area contributed by atoms with Crippen molar-refractivity contribution in [2.75, 3.05) is 41.3 Å². The molecule has 1 aromatic carbocycles. The minimum Gasteiger partial charge on any atom is -0.508 e. The van der Waals surface area contributed by atoms with Crippen LogP contribution < -0.4 is 0 Å². The van der Waals surface area contributed by atoms with Gasteiger partial charge in [-0.3, -0.25) is 4.79 Å². The molecule has 7 N–H and O–H groups in total. The molecule has 498 valence electrons. The number of aliphatic hydroxyl groups is 5. The van der Waals surface area contributed by atoms with E-state index in [9.17, 15) is 45.3 Å². The number of esters is 2. The fourth-order valence-electron chi connectivity index (χ4n) is 13.8. The van der Waals surface area contributed by atoms with Crippen LogP contribution in [0, 0.1) is 6.92 Å². The molecule has 1 aromatic rings. The van der Waals surface area contributed by atoms with Gasteiger partial charge in [0.25, 0.3) is 5.97 Å². The molecule has 1 unspecified atom stereocenters. The van der Waals surface area contributed by atoms with Crippen LogP contribution in [0.3, 0.4) is 0 Å². The van der Waals surface area contributed by atoms with Crippen molar-refractivity contribution in [3.05, 3.63) is 23.3 Å². The van der Waals surface area contributed by atoms with Crippen molar-refractivity contribution < 1.29 is 150 Å². The molecule has 11 rings (SSSR count). The molecule has 31 heteroatoms. The zero-order valence-electron chi connectivity index (χ0n) is 50.7. The van der Waals surface area contributed by atoms with E-state index in [4.69, 9.17) is 104 Å². The van der Waals surface area contributed by atoms with Crippen molar-refractivity contribution in [3.8, 4) is 11.5 Å². The minimum atomic E-state index is -1.87. The summed E-state index contributed by atoms with van der Waals surface area (Å²) in [4.78, 5) is 26.1. The number of hydrogen-bond donors (Lipinski definition) is 7. The van der Waals surface area contributed by atoms with Gasteiger partial charge in [0.2, 0.25) is 6.29 Å². The molecule has 31 atom stereocenters. The summed E-state index contributed by atoms with van der Waals surface area (Å²) >= 11 is 0.